The molecule has 66 valence electrons. The number of hydrogen-bond acceptors (Lipinski definition) is 3. The molecule has 0 saturated carbocycles. The van der Waals surface area contributed by atoms with Gasteiger partial charge in [0.25, 0.3) is 0 Å². The maximum atomic E-state index is 10.3. The van der Waals surface area contributed by atoms with Gasteiger partial charge in [0.2, 0.25) is 0 Å². The lowest BCUT2D eigenvalue weighted by Crippen LogP contribution is -2.05. The minimum absolute atomic E-state index is 0.0833. The molecule has 0 aliphatic carbocycles. The third-order valence-corrected chi connectivity index (χ3v) is 1.79. The molecule has 12 heavy (non-hydrogen) atoms. The van der Waals surface area contributed by atoms with E-state index < -0.39 is 7.82 Å². The summed E-state index contributed by atoms with van der Waals surface area (Å²) in [6.07, 6.45) is 0. The summed E-state index contributed by atoms with van der Waals surface area (Å²) in [6, 6.07) is 5.94. The van der Waals surface area contributed by atoms with Crippen LogP contribution in [0.3, 0.4) is 0 Å². The van der Waals surface area contributed by atoms with Gasteiger partial charge in [-0.15, -0.1) is 0 Å². The molecule has 0 aliphatic rings. The summed E-state index contributed by atoms with van der Waals surface area (Å²) in [6.45, 7) is 0. The number of halogens is 1. The Morgan fingerprint density at radius 2 is 2.08 bits per heavy atom. The van der Waals surface area contributed by atoms with Crippen molar-refractivity contribution in [3.63, 3.8) is 0 Å². The van der Waals surface area contributed by atoms with Gasteiger partial charge in [-0.25, -0.2) is 0 Å². The number of benzene rings is 1. The molecule has 1 atom stereocenters. The van der Waals surface area contributed by atoms with Crippen LogP contribution in [0.2, 0.25) is 5.02 Å². The Kier molecular flexibility index (Phi) is 2.75. The van der Waals surface area contributed by atoms with E-state index in [-0.39, 0.29) is 10.8 Å². The first-order valence-electron chi connectivity index (χ1n) is 2.97. The van der Waals surface area contributed by atoms with Crippen molar-refractivity contribution in [1.29, 1.82) is 0 Å². The monoisotopic (exact) mass is 207 g/mol. The van der Waals surface area contributed by atoms with Gasteiger partial charge < -0.3 is 14.3 Å². The van der Waals surface area contributed by atoms with Crippen LogP contribution in [0.1, 0.15) is 0 Å². The molecule has 6 heteroatoms. The molecule has 4 nitrogen and oxygen atoms in total. The largest absolute Gasteiger partial charge is 0.746 e. The first-order valence-corrected chi connectivity index (χ1v) is 4.84. The van der Waals surface area contributed by atoms with E-state index >= 15 is 0 Å². The van der Waals surface area contributed by atoms with Crippen molar-refractivity contribution in [3.05, 3.63) is 29.3 Å². The van der Waals surface area contributed by atoms with Gasteiger partial charge in [0.1, 0.15) is 5.75 Å². The van der Waals surface area contributed by atoms with E-state index in [2.05, 4.69) is 4.52 Å². The highest BCUT2D eigenvalue weighted by Crippen LogP contribution is 2.36. The molecular weight excluding hydrogens is 202 g/mol. The SMILES string of the molecule is O=P([O-])(O)Oc1ccccc1Cl. The summed E-state index contributed by atoms with van der Waals surface area (Å²) in [5, 5.41) is 0.127. The highest BCUT2D eigenvalue weighted by molar-refractivity contribution is 7.45. The van der Waals surface area contributed by atoms with E-state index in [1.165, 1.54) is 18.2 Å². The number of para-hydroxylation sites is 1. The fraction of sp³-hybridized carbons (Fsp3) is 0. The van der Waals surface area contributed by atoms with Crippen LogP contribution in [0.5, 0.6) is 5.75 Å². The molecule has 0 bridgehead atoms. The Balaban J connectivity index is 2.90. The molecule has 0 aromatic heterocycles. The quantitative estimate of drug-likeness (QED) is 0.740. The number of phosphoric acid groups is 1. The predicted molar refractivity (Wildman–Crippen MR) is 41.9 cm³/mol. The number of rotatable bonds is 2. The second kappa shape index (κ2) is 3.46. The maximum absolute atomic E-state index is 10.3. The normalized spacial score (nSPS) is 15.2. The molecule has 0 saturated heterocycles. The number of hydrogen-bond donors (Lipinski definition) is 1. The fourth-order valence-electron chi connectivity index (χ4n) is 0.643. The van der Waals surface area contributed by atoms with Crippen LogP contribution in [0, 0.1) is 0 Å². The maximum Gasteiger partial charge on any atom is 0.317 e. The standard InChI is InChI=1S/C6H6ClO4P/c7-5-3-1-2-4-6(5)11-12(8,9)10/h1-4H,(H2,8,9,10)/p-1. The fourth-order valence-corrected chi connectivity index (χ4v) is 1.28. The van der Waals surface area contributed by atoms with Crippen LogP contribution in [0.4, 0.5) is 0 Å². The van der Waals surface area contributed by atoms with Crippen molar-refractivity contribution >= 4 is 19.4 Å². The average molecular weight is 208 g/mol. The molecule has 1 N–H and O–H groups in total. The molecule has 0 heterocycles. The van der Waals surface area contributed by atoms with Crippen molar-refractivity contribution in [3.8, 4) is 5.75 Å². The van der Waals surface area contributed by atoms with Gasteiger partial charge >= 0.3 is 7.82 Å². The molecule has 1 aromatic rings. The van der Waals surface area contributed by atoms with Crippen molar-refractivity contribution in [2.75, 3.05) is 0 Å². The molecule has 0 radical (unpaired) electrons. The summed E-state index contributed by atoms with van der Waals surface area (Å²) in [4.78, 5) is 18.6. The molecule has 1 rings (SSSR count). The van der Waals surface area contributed by atoms with E-state index in [1.54, 1.807) is 6.07 Å². The minimum Gasteiger partial charge on any atom is -0.746 e. The van der Waals surface area contributed by atoms with Crippen molar-refractivity contribution in [2.45, 2.75) is 0 Å². The van der Waals surface area contributed by atoms with E-state index in [4.69, 9.17) is 16.5 Å². The van der Waals surface area contributed by atoms with E-state index in [0.717, 1.165) is 0 Å². The summed E-state index contributed by atoms with van der Waals surface area (Å²) in [7, 11) is -4.75. The lowest BCUT2D eigenvalue weighted by atomic mass is 10.3. The Morgan fingerprint density at radius 3 is 2.58 bits per heavy atom. The molecule has 1 unspecified atom stereocenters. The topological polar surface area (TPSA) is 69.6 Å². The van der Waals surface area contributed by atoms with Gasteiger partial charge in [0, 0.05) is 0 Å². The van der Waals surface area contributed by atoms with Crippen LogP contribution < -0.4 is 9.42 Å². The lowest BCUT2D eigenvalue weighted by molar-refractivity contribution is -0.211. The summed E-state index contributed by atoms with van der Waals surface area (Å²) in [5.74, 6) is -0.0833. The van der Waals surface area contributed by atoms with Crippen molar-refractivity contribution < 1.29 is 18.9 Å². The average Bonchev–Trinajstić information content (AvgIpc) is 1.91. The summed E-state index contributed by atoms with van der Waals surface area (Å²) >= 11 is 5.53. The van der Waals surface area contributed by atoms with Gasteiger partial charge in [-0.1, -0.05) is 23.7 Å². The predicted octanol–water partition coefficient (Wildman–Crippen LogP) is 1.18. The molecule has 0 aliphatic heterocycles. The van der Waals surface area contributed by atoms with Crippen molar-refractivity contribution in [1.82, 2.24) is 0 Å². The first kappa shape index (κ1) is 9.55. The zero-order valence-electron chi connectivity index (χ0n) is 5.81. The van der Waals surface area contributed by atoms with Gasteiger partial charge in [-0.05, 0) is 12.1 Å². The first-order chi connectivity index (χ1) is 5.49. The highest BCUT2D eigenvalue weighted by Gasteiger charge is 2.06. The van der Waals surface area contributed by atoms with Gasteiger partial charge in [-0.3, -0.25) is 4.57 Å². The van der Waals surface area contributed by atoms with Crippen LogP contribution in [-0.4, -0.2) is 4.89 Å². The summed E-state index contributed by atoms with van der Waals surface area (Å²) < 4.78 is 14.4. The smallest absolute Gasteiger partial charge is 0.317 e. The Hall–Kier alpha value is -0.540. The molecule has 0 fully saturated rings. The minimum atomic E-state index is -4.75. The Bertz CT molecular complexity index is 321. The zero-order valence-corrected chi connectivity index (χ0v) is 7.46. The lowest BCUT2D eigenvalue weighted by Gasteiger charge is -2.16. The third kappa shape index (κ3) is 2.83. The van der Waals surface area contributed by atoms with E-state index in [9.17, 15) is 9.46 Å². The van der Waals surface area contributed by atoms with Gasteiger partial charge in [0.05, 0.1) is 5.02 Å². The number of phosphoric ester groups is 1. The third-order valence-electron chi connectivity index (χ3n) is 1.05. The van der Waals surface area contributed by atoms with E-state index in [1.807, 2.05) is 0 Å². The van der Waals surface area contributed by atoms with Gasteiger partial charge in [0.15, 0.2) is 0 Å². The molecular formula is C6H5ClO4P-. The van der Waals surface area contributed by atoms with Gasteiger partial charge in [-0.2, -0.15) is 0 Å². The molecule has 1 aromatic carbocycles. The van der Waals surface area contributed by atoms with E-state index in [0.29, 0.717) is 0 Å². The van der Waals surface area contributed by atoms with Crippen LogP contribution in [0.25, 0.3) is 0 Å². The Morgan fingerprint density at radius 1 is 1.50 bits per heavy atom. The van der Waals surface area contributed by atoms with Crippen LogP contribution in [0.15, 0.2) is 24.3 Å². The highest BCUT2D eigenvalue weighted by atomic mass is 35.5. The summed E-state index contributed by atoms with van der Waals surface area (Å²) in [5.41, 5.74) is 0. The molecule has 0 amide bonds. The van der Waals surface area contributed by atoms with Crippen molar-refractivity contribution in [2.24, 2.45) is 0 Å². The second-order valence-corrected chi connectivity index (χ2v) is 3.52. The molecule has 0 spiro atoms. The second-order valence-electron chi connectivity index (χ2n) is 1.99. The van der Waals surface area contributed by atoms with Crippen LogP contribution >= 0.6 is 19.4 Å². The van der Waals surface area contributed by atoms with Crippen LogP contribution in [-0.2, 0) is 4.57 Å². The Labute approximate surface area is 74.0 Å². The zero-order chi connectivity index (χ0) is 9.19.